The summed E-state index contributed by atoms with van der Waals surface area (Å²) in [5.74, 6) is -0.285. The van der Waals surface area contributed by atoms with Crippen LogP contribution in [-0.4, -0.2) is 61.9 Å². The molecule has 1 fully saturated rings. The predicted octanol–water partition coefficient (Wildman–Crippen LogP) is 4.27. The third kappa shape index (κ3) is 5.13. The smallest absolute Gasteiger partial charge is 0.311 e. The van der Waals surface area contributed by atoms with Crippen LogP contribution in [0.1, 0.15) is 60.6 Å². The molecule has 1 saturated carbocycles. The van der Waals surface area contributed by atoms with Gasteiger partial charge in [-0.1, -0.05) is 24.3 Å². The lowest BCUT2D eigenvalue weighted by Gasteiger charge is -2.29. The Balaban J connectivity index is 1.15. The number of carbonyl (C=O) groups is 1. The Morgan fingerprint density at radius 1 is 1.27 bits per heavy atom. The number of aryl methyl sites for hydroxylation is 2. The minimum Gasteiger partial charge on any atom is -0.488 e. The summed E-state index contributed by atoms with van der Waals surface area (Å²) in [5.41, 5.74) is 4.69. The van der Waals surface area contributed by atoms with Gasteiger partial charge in [0.05, 0.1) is 23.7 Å². The average Bonchev–Trinajstić information content (AvgIpc) is 3.28. The maximum absolute atomic E-state index is 11.5. The second-order valence-electron chi connectivity index (χ2n) is 11.3. The lowest BCUT2D eigenvalue weighted by Crippen LogP contribution is -2.46. The molecule has 0 amide bonds. The van der Waals surface area contributed by atoms with E-state index in [9.17, 15) is 24.1 Å². The number of hydrogen-bond donors (Lipinski definition) is 5. The highest BCUT2D eigenvalue weighted by Gasteiger charge is 2.64. The van der Waals surface area contributed by atoms with Crippen LogP contribution in [0.5, 0.6) is 5.75 Å². The van der Waals surface area contributed by atoms with Crippen molar-refractivity contribution in [1.82, 2.24) is 5.32 Å². The summed E-state index contributed by atoms with van der Waals surface area (Å²) < 4.78 is 32.3. The molecule has 202 valence electrons. The molecule has 0 saturated heterocycles. The van der Waals surface area contributed by atoms with Crippen molar-refractivity contribution in [2.24, 2.45) is 5.92 Å². The number of β-amino-alcohol motifs (C(OH)–C–C–N with tert-alkyl or cyclic N) is 1. The van der Waals surface area contributed by atoms with Crippen molar-refractivity contribution >= 4 is 16.6 Å². The summed E-state index contributed by atoms with van der Waals surface area (Å²) in [6, 6.07) is 9.79. The second kappa shape index (κ2) is 9.55. The van der Waals surface area contributed by atoms with Gasteiger partial charge in [-0.15, -0.1) is 0 Å². The Morgan fingerprint density at radius 3 is 2.76 bits per heavy atom. The largest absolute Gasteiger partial charge is 0.488 e. The minimum atomic E-state index is -2.63. The first kappa shape index (κ1) is 26.5. The summed E-state index contributed by atoms with van der Waals surface area (Å²) in [7, 11) is -2.63. The zero-order valence-corrected chi connectivity index (χ0v) is 22.5. The molecule has 0 bridgehead atoms. The van der Waals surface area contributed by atoms with Crippen molar-refractivity contribution in [3.8, 4) is 5.75 Å². The Morgan fingerprint density at radius 2 is 2.03 bits per heavy atom. The Kier molecular flexibility index (Phi) is 6.83. The van der Waals surface area contributed by atoms with Crippen molar-refractivity contribution in [3.63, 3.8) is 0 Å². The average molecular weight is 532 g/mol. The molecule has 3 aliphatic rings. The van der Waals surface area contributed by atoms with Crippen LogP contribution in [0.15, 0.2) is 35.2 Å². The number of benzene rings is 2. The molecular formula is C28H37NO7S. The van der Waals surface area contributed by atoms with Gasteiger partial charge in [0.1, 0.15) is 17.8 Å². The van der Waals surface area contributed by atoms with Crippen LogP contribution in [0.4, 0.5) is 0 Å². The van der Waals surface area contributed by atoms with Crippen LogP contribution in [0.25, 0.3) is 0 Å². The van der Waals surface area contributed by atoms with Gasteiger partial charge in [-0.05, 0) is 68.9 Å². The standard InChI is InChI=1S/C28H37NO7S/c1-15-5-7-20(22-23-24(27(31)32)26(23)36-25(15)22)16(2)35-14-19(30)13-29-28(3,4)12-17-6-8-21-18(11-17)9-10-37(21,33)34/h5-8,11,16,19,23-24,26,29-30,33-34H,9-10,12-14H2,1-4H3,(H,31,32)/t16-,19-,23+,24+,26+/m1/s1. The van der Waals surface area contributed by atoms with Gasteiger partial charge in [0, 0.05) is 29.3 Å². The molecule has 0 spiro atoms. The Bertz CT molecular complexity index is 1210. The van der Waals surface area contributed by atoms with Crippen molar-refractivity contribution in [3.05, 3.63) is 58.1 Å². The van der Waals surface area contributed by atoms with Gasteiger partial charge in [-0.3, -0.25) is 13.9 Å². The van der Waals surface area contributed by atoms with Gasteiger partial charge in [-0.25, -0.2) is 0 Å². The van der Waals surface area contributed by atoms with E-state index in [1.165, 1.54) is 0 Å². The molecule has 2 heterocycles. The zero-order chi connectivity index (χ0) is 26.7. The molecule has 37 heavy (non-hydrogen) atoms. The summed E-state index contributed by atoms with van der Waals surface area (Å²) >= 11 is 0. The van der Waals surface area contributed by atoms with E-state index in [4.69, 9.17) is 9.47 Å². The predicted molar refractivity (Wildman–Crippen MR) is 142 cm³/mol. The zero-order valence-electron chi connectivity index (χ0n) is 21.7. The van der Waals surface area contributed by atoms with Gasteiger partial charge in [0.15, 0.2) is 0 Å². The first-order chi connectivity index (χ1) is 17.4. The summed E-state index contributed by atoms with van der Waals surface area (Å²) in [5, 5.41) is 23.5. The molecule has 5 N–H and O–H groups in total. The van der Waals surface area contributed by atoms with E-state index in [1.54, 1.807) is 0 Å². The summed E-state index contributed by atoms with van der Waals surface area (Å²) in [6.07, 6.45) is 0.0884. The maximum atomic E-state index is 11.5. The lowest BCUT2D eigenvalue weighted by atomic mass is 9.93. The number of fused-ring (bicyclic) bond motifs is 4. The van der Waals surface area contributed by atoms with Gasteiger partial charge in [0.25, 0.3) is 0 Å². The highest BCUT2D eigenvalue weighted by molar-refractivity contribution is 8.24. The van der Waals surface area contributed by atoms with Crippen molar-refractivity contribution < 1.29 is 33.6 Å². The number of nitrogens with one attached hydrogen (secondary N) is 1. The fourth-order valence-electron chi connectivity index (χ4n) is 5.77. The second-order valence-corrected chi connectivity index (χ2v) is 13.5. The van der Waals surface area contributed by atoms with Crippen LogP contribution in [0, 0.1) is 12.8 Å². The van der Waals surface area contributed by atoms with Crippen LogP contribution < -0.4 is 10.1 Å². The maximum Gasteiger partial charge on any atom is 0.311 e. The third-order valence-corrected chi connectivity index (χ3v) is 9.70. The molecule has 8 nitrogen and oxygen atoms in total. The fraction of sp³-hybridized carbons (Fsp3) is 0.536. The number of aliphatic hydroxyl groups is 1. The summed E-state index contributed by atoms with van der Waals surface area (Å²) in [6.45, 7) is 8.52. The molecule has 2 aromatic carbocycles. The van der Waals surface area contributed by atoms with E-state index in [2.05, 4.69) is 25.2 Å². The molecule has 2 aliphatic heterocycles. The highest BCUT2D eigenvalue weighted by Crippen LogP contribution is 2.61. The molecule has 9 heteroatoms. The number of aliphatic carboxylic acids is 1. The van der Waals surface area contributed by atoms with Gasteiger partial charge in [0.2, 0.25) is 0 Å². The van der Waals surface area contributed by atoms with Gasteiger partial charge >= 0.3 is 5.97 Å². The quantitative estimate of drug-likeness (QED) is 0.308. The van der Waals surface area contributed by atoms with E-state index in [-0.39, 0.29) is 30.3 Å². The fourth-order valence-corrected chi connectivity index (χ4v) is 7.36. The van der Waals surface area contributed by atoms with Crippen LogP contribution in [0.3, 0.4) is 0 Å². The van der Waals surface area contributed by atoms with Crippen LogP contribution >= 0.6 is 10.6 Å². The van der Waals surface area contributed by atoms with E-state index < -0.39 is 28.6 Å². The highest BCUT2D eigenvalue weighted by atomic mass is 32.3. The molecule has 5 rings (SSSR count). The number of carboxylic acids is 1. The van der Waals surface area contributed by atoms with E-state index in [0.29, 0.717) is 23.6 Å². The minimum absolute atomic E-state index is 0.132. The monoisotopic (exact) mass is 531 g/mol. The van der Waals surface area contributed by atoms with E-state index >= 15 is 0 Å². The molecule has 1 aliphatic carbocycles. The van der Waals surface area contributed by atoms with Crippen molar-refractivity contribution in [1.29, 1.82) is 0 Å². The first-order valence-corrected chi connectivity index (χ1v) is 14.5. The van der Waals surface area contributed by atoms with Crippen molar-refractivity contribution in [2.75, 3.05) is 18.9 Å². The summed E-state index contributed by atoms with van der Waals surface area (Å²) in [4.78, 5) is 12.2. The lowest BCUT2D eigenvalue weighted by molar-refractivity contribution is -0.139. The number of ether oxygens (including phenoxy) is 2. The number of rotatable bonds is 10. The topological polar surface area (TPSA) is 128 Å². The van der Waals surface area contributed by atoms with Crippen LogP contribution in [0.2, 0.25) is 0 Å². The molecular weight excluding hydrogens is 494 g/mol. The third-order valence-electron chi connectivity index (χ3n) is 7.83. The first-order valence-electron chi connectivity index (χ1n) is 12.8. The normalized spacial score (nSPS) is 25.4. The molecule has 2 aromatic rings. The van der Waals surface area contributed by atoms with Crippen molar-refractivity contribution in [2.45, 2.75) is 75.2 Å². The molecule has 0 aromatic heterocycles. The number of hydrogen-bond acceptors (Lipinski definition) is 7. The van der Waals surface area contributed by atoms with E-state index in [0.717, 1.165) is 40.0 Å². The van der Waals surface area contributed by atoms with Gasteiger partial charge < -0.3 is 25.0 Å². The molecule has 0 radical (unpaired) electrons. The SMILES string of the molecule is Cc1ccc([C@@H](C)OC[C@H](O)CNC(C)(C)Cc2ccc3c(c2)CCS3(O)O)c2c1O[C@@H]1[C@@H](C(=O)O)[C@H]21. The Labute approximate surface area is 219 Å². The number of carboxylic acid groups (broad SMARTS) is 1. The Hall–Kier alpha value is -2.14. The molecule has 0 unspecified atom stereocenters. The van der Waals surface area contributed by atoms with E-state index in [1.807, 2.05) is 38.1 Å². The van der Waals surface area contributed by atoms with Gasteiger partial charge in [-0.2, -0.15) is 10.6 Å². The number of aliphatic hydroxyl groups excluding tert-OH is 1. The van der Waals surface area contributed by atoms with Crippen LogP contribution in [-0.2, 0) is 22.4 Å². The molecule has 5 atom stereocenters.